The van der Waals surface area contributed by atoms with Crippen LogP contribution in [-0.2, 0) is 6.54 Å². The minimum atomic E-state index is -0.442. The number of carbonyl (C=O) groups is 1. The number of para-hydroxylation sites is 1. The summed E-state index contributed by atoms with van der Waals surface area (Å²) in [6.07, 6.45) is -0.442. The van der Waals surface area contributed by atoms with E-state index in [0.717, 1.165) is 17.1 Å². The highest BCUT2D eigenvalue weighted by Gasteiger charge is 2.10. The van der Waals surface area contributed by atoms with Crippen molar-refractivity contribution in [3.63, 3.8) is 0 Å². The van der Waals surface area contributed by atoms with Crippen LogP contribution in [0, 0.1) is 0 Å². The first-order chi connectivity index (χ1) is 12.0. The number of rotatable bonds is 7. The molecule has 0 fully saturated rings. The van der Waals surface area contributed by atoms with Gasteiger partial charge in [-0.2, -0.15) is 0 Å². The Balaban J connectivity index is 1.81. The number of amides is 2. The van der Waals surface area contributed by atoms with Gasteiger partial charge in [0.15, 0.2) is 6.23 Å². The van der Waals surface area contributed by atoms with Crippen molar-refractivity contribution in [2.45, 2.75) is 39.5 Å². The first-order valence-electron chi connectivity index (χ1n) is 8.42. The van der Waals surface area contributed by atoms with Crippen molar-refractivity contribution >= 4 is 6.03 Å². The first-order valence-corrected chi connectivity index (χ1v) is 8.42. The van der Waals surface area contributed by atoms with Gasteiger partial charge in [-0.25, -0.2) is 4.79 Å². The van der Waals surface area contributed by atoms with Gasteiger partial charge in [0.05, 0.1) is 7.11 Å². The molecule has 1 unspecified atom stereocenters. The standard InChI is InChI=1S/C20H26N2O3/c1-14(2)16-9-11-18(12-10-16)25-15(3)22-20(23)21-13-17-7-5-6-8-19(17)24-4/h5-12,14-15H,13H2,1-4H3,(H2,21,22,23). The summed E-state index contributed by atoms with van der Waals surface area (Å²) in [5.74, 6) is 1.95. The number of nitrogens with one attached hydrogen (secondary N) is 2. The van der Waals surface area contributed by atoms with Crippen molar-refractivity contribution in [2.24, 2.45) is 0 Å². The second kappa shape index (κ2) is 8.97. The van der Waals surface area contributed by atoms with E-state index in [1.54, 1.807) is 14.0 Å². The van der Waals surface area contributed by atoms with Gasteiger partial charge in [-0.05, 0) is 36.6 Å². The van der Waals surface area contributed by atoms with Crippen molar-refractivity contribution in [3.8, 4) is 11.5 Å². The second-order valence-electron chi connectivity index (χ2n) is 6.12. The average molecular weight is 342 g/mol. The van der Waals surface area contributed by atoms with E-state index >= 15 is 0 Å². The van der Waals surface area contributed by atoms with E-state index in [9.17, 15) is 4.79 Å². The van der Waals surface area contributed by atoms with Crippen molar-refractivity contribution in [1.82, 2.24) is 10.6 Å². The number of benzene rings is 2. The lowest BCUT2D eigenvalue weighted by atomic mass is 10.0. The molecular formula is C20H26N2O3. The van der Waals surface area contributed by atoms with Crippen molar-refractivity contribution in [3.05, 3.63) is 59.7 Å². The molecule has 2 aromatic rings. The molecule has 0 aliphatic heterocycles. The van der Waals surface area contributed by atoms with Gasteiger partial charge in [0.2, 0.25) is 0 Å². The summed E-state index contributed by atoms with van der Waals surface area (Å²) in [5, 5.41) is 5.56. The van der Waals surface area contributed by atoms with E-state index < -0.39 is 6.23 Å². The first kappa shape index (κ1) is 18.6. The summed E-state index contributed by atoms with van der Waals surface area (Å²) in [6, 6.07) is 15.2. The maximum Gasteiger partial charge on any atom is 0.317 e. The molecule has 0 aliphatic rings. The summed E-state index contributed by atoms with van der Waals surface area (Å²) in [6.45, 7) is 6.46. The number of methoxy groups -OCH3 is 1. The van der Waals surface area contributed by atoms with Gasteiger partial charge in [0, 0.05) is 12.1 Å². The molecule has 0 spiro atoms. The number of ether oxygens (including phenoxy) is 2. The Morgan fingerprint density at radius 2 is 1.72 bits per heavy atom. The third-order valence-corrected chi connectivity index (χ3v) is 3.83. The Labute approximate surface area is 149 Å². The topological polar surface area (TPSA) is 59.6 Å². The number of hydrogen-bond acceptors (Lipinski definition) is 3. The normalized spacial score (nSPS) is 11.7. The van der Waals surface area contributed by atoms with Gasteiger partial charge in [0.25, 0.3) is 0 Å². The van der Waals surface area contributed by atoms with Gasteiger partial charge in [-0.1, -0.05) is 44.2 Å². The van der Waals surface area contributed by atoms with E-state index in [-0.39, 0.29) is 6.03 Å². The molecule has 0 bridgehead atoms. The molecule has 2 amide bonds. The minimum absolute atomic E-state index is 0.294. The maximum atomic E-state index is 12.0. The van der Waals surface area contributed by atoms with Crippen LogP contribution >= 0.6 is 0 Å². The number of urea groups is 1. The molecule has 25 heavy (non-hydrogen) atoms. The Hall–Kier alpha value is -2.69. The van der Waals surface area contributed by atoms with Gasteiger partial charge < -0.3 is 20.1 Å². The van der Waals surface area contributed by atoms with Crippen LogP contribution in [0.1, 0.15) is 37.8 Å². The predicted molar refractivity (Wildman–Crippen MR) is 99.0 cm³/mol. The molecule has 0 aromatic heterocycles. The zero-order valence-electron chi connectivity index (χ0n) is 15.2. The van der Waals surface area contributed by atoms with E-state index in [0.29, 0.717) is 12.5 Å². The van der Waals surface area contributed by atoms with Gasteiger partial charge >= 0.3 is 6.03 Å². The lowest BCUT2D eigenvalue weighted by Crippen LogP contribution is -2.43. The summed E-state index contributed by atoms with van der Waals surface area (Å²) >= 11 is 0. The third-order valence-electron chi connectivity index (χ3n) is 3.83. The van der Waals surface area contributed by atoms with Crippen LogP contribution in [0.4, 0.5) is 4.79 Å². The minimum Gasteiger partial charge on any atom is -0.496 e. The average Bonchev–Trinajstić information content (AvgIpc) is 2.60. The van der Waals surface area contributed by atoms with Gasteiger partial charge in [-0.3, -0.25) is 0 Å². The SMILES string of the molecule is COc1ccccc1CNC(=O)NC(C)Oc1ccc(C(C)C)cc1. The van der Waals surface area contributed by atoms with Crippen LogP contribution in [0.15, 0.2) is 48.5 Å². The molecule has 0 saturated carbocycles. The van der Waals surface area contributed by atoms with Crippen LogP contribution in [0.25, 0.3) is 0 Å². The molecule has 0 saturated heterocycles. The van der Waals surface area contributed by atoms with Crippen molar-refractivity contribution in [2.75, 3.05) is 7.11 Å². The highest BCUT2D eigenvalue weighted by Crippen LogP contribution is 2.19. The largest absolute Gasteiger partial charge is 0.496 e. The summed E-state index contributed by atoms with van der Waals surface area (Å²) in [4.78, 5) is 12.0. The Kier molecular flexibility index (Phi) is 6.69. The number of carbonyl (C=O) groups excluding carboxylic acids is 1. The Bertz CT molecular complexity index is 684. The van der Waals surface area contributed by atoms with Crippen LogP contribution in [0.3, 0.4) is 0 Å². The zero-order valence-corrected chi connectivity index (χ0v) is 15.2. The summed E-state index contributed by atoms with van der Waals surface area (Å²) in [5.41, 5.74) is 2.17. The van der Waals surface area contributed by atoms with Crippen molar-refractivity contribution in [1.29, 1.82) is 0 Å². The quantitative estimate of drug-likeness (QED) is 0.747. The smallest absolute Gasteiger partial charge is 0.317 e. The molecular weight excluding hydrogens is 316 g/mol. The molecule has 5 heteroatoms. The van der Waals surface area contributed by atoms with Crippen LogP contribution in [0.2, 0.25) is 0 Å². The zero-order chi connectivity index (χ0) is 18.2. The van der Waals surface area contributed by atoms with Crippen LogP contribution in [0.5, 0.6) is 11.5 Å². The highest BCUT2D eigenvalue weighted by molar-refractivity contribution is 5.74. The fourth-order valence-electron chi connectivity index (χ4n) is 2.43. The highest BCUT2D eigenvalue weighted by atomic mass is 16.5. The second-order valence-corrected chi connectivity index (χ2v) is 6.12. The molecule has 1 atom stereocenters. The molecule has 2 rings (SSSR count). The van der Waals surface area contributed by atoms with Gasteiger partial charge in [-0.15, -0.1) is 0 Å². The molecule has 0 aliphatic carbocycles. The molecule has 2 aromatic carbocycles. The Morgan fingerprint density at radius 3 is 2.36 bits per heavy atom. The van der Waals surface area contributed by atoms with Crippen molar-refractivity contribution < 1.29 is 14.3 Å². The third kappa shape index (κ3) is 5.71. The van der Waals surface area contributed by atoms with Crippen LogP contribution < -0.4 is 20.1 Å². The number of hydrogen-bond donors (Lipinski definition) is 2. The predicted octanol–water partition coefficient (Wildman–Crippen LogP) is 4.04. The lowest BCUT2D eigenvalue weighted by Gasteiger charge is -2.17. The molecule has 0 heterocycles. The van der Waals surface area contributed by atoms with E-state index in [1.165, 1.54) is 5.56 Å². The van der Waals surface area contributed by atoms with Gasteiger partial charge in [0.1, 0.15) is 11.5 Å². The fraction of sp³-hybridized carbons (Fsp3) is 0.350. The van der Waals surface area contributed by atoms with E-state index in [2.05, 4.69) is 24.5 Å². The summed E-state index contributed by atoms with van der Waals surface area (Å²) in [7, 11) is 1.61. The molecule has 0 radical (unpaired) electrons. The fourth-order valence-corrected chi connectivity index (χ4v) is 2.43. The molecule has 5 nitrogen and oxygen atoms in total. The summed E-state index contributed by atoms with van der Waals surface area (Å²) < 4.78 is 11.0. The molecule has 134 valence electrons. The van der Waals surface area contributed by atoms with E-state index in [4.69, 9.17) is 9.47 Å². The maximum absolute atomic E-state index is 12.0. The molecule has 2 N–H and O–H groups in total. The monoisotopic (exact) mass is 342 g/mol. The van der Waals surface area contributed by atoms with Crippen LogP contribution in [-0.4, -0.2) is 19.4 Å². The van der Waals surface area contributed by atoms with E-state index in [1.807, 2.05) is 48.5 Å². The lowest BCUT2D eigenvalue weighted by molar-refractivity contribution is 0.177. The Morgan fingerprint density at radius 1 is 1.04 bits per heavy atom.